The van der Waals surface area contributed by atoms with Crippen molar-refractivity contribution < 1.29 is 12.8 Å². The molecular formula is C12H18N2O3S. The van der Waals surface area contributed by atoms with E-state index in [2.05, 4.69) is 10.2 Å². The molecule has 1 aromatic heterocycles. The van der Waals surface area contributed by atoms with Crippen LogP contribution in [0.4, 0.5) is 0 Å². The molecule has 18 heavy (non-hydrogen) atoms. The molecule has 2 aliphatic rings. The van der Waals surface area contributed by atoms with Gasteiger partial charge in [0.1, 0.15) is 11.5 Å². The van der Waals surface area contributed by atoms with Gasteiger partial charge in [0.25, 0.3) is 0 Å². The highest BCUT2D eigenvalue weighted by Gasteiger charge is 2.42. The van der Waals surface area contributed by atoms with Crippen LogP contribution in [0.15, 0.2) is 16.5 Å². The van der Waals surface area contributed by atoms with E-state index in [4.69, 9.17) is 4.42 Å². The van der Waals surface area contributed by atoms with Crippen LogP contribution in [0.25, 0.3) is 0 Å². The molecule has 5 nitrogen and oxygen atoms in total. The van der Waals surface area contributed by atoms with Crippen LogP contribution in [-0.2, 0) is 16.4 Å². The molecule has 3 rings (SSSR count). The first-order valence-electron chi connectivity index (χ1n) is 6.27. The molecule has 2 saturated heterocycles. The Morgan fingerprint density at radius 2 is 2.28 bits per heavy atom. The summed E-state index contributed by atoms with van der Waals surface area (Å²) in [5, 5.41) is 3.31. The Balaban J connectivity index is 1.76. The SMILES string of the molecule is Cc1ccc(CN2CCN[C@@H]3CS(=O)(=O)C[C@H]32)o1. The molecule has 6 heteroatoms. The highest BCUT2D eigenvalue weighted by molar-refractivity contribution is 7.91. The van der Waals surface area contributed by atoms with Crippen LogP contribution in [0.3, 0.4) is 0 Å². The molecule has 0 aliphatic carbocycles. The van der Waals surface area contributed by atoms with Gasteiger partial charge in [0.05, 0.1) is 18.1 Å². The van der Waals surface area contributed by atoms with Crippen molar-refractivity contribution in [2.45, 2.75) is 25.6 Å². The number of piperazine rings is 1. The summed E-state index contributed by atoms with van der Waals surface area (Å²) in [5.41, 5.74) is 0. The first kappa shape index (κ1) is 12.2. The predicted molar refractivity (Wildman–Crippen MR) is 68.1 cm³/mol. The van der Waals surface area contributed by atoms with Gasteiger partial charge in [-0.15, -0.1) is 0 Å². The van der Waals surface area contributed by atoms with Gasteiger partial charge in [-0.05, 0) is 19.1 Å². The number of hydrogen-bond acceptors (Lipinski definition) is 5. The molecule has 0 unspecified atom stereocenters. The molecular weight excluding hydrogens is 252 g/mol. The van der Waals surface area contributed by atoms with E-state index in [-0.39, 0.29) is 23.6 Å². The van der Waals surface area contributed by atoms with Crippen molar-refractivity contribution in [3.8, 4) is 0 Å². The number of nitrogens with zero attached hydrogens (tertiary/aromatic N) is 1. The second-order valence-corrected chi connectivity index (χ2v) is 7.34. The zero-order chi connectivity index (χ0) is 12.8. The van der Waals surface area contributed by atoms with Crippen molar-refractivity contribution in [1.82, 2.24) is 10.2 Å². The maximum absolute atomic E-state index is 11.7. The maximum atomic E-state index is 11.7. The average Bonchev–Trinajstić information content (AvgIpc) is 2.81. The van der Waals surface area contributed by atoms with Crippen LogP contribution in [0.1, 0.15) is 11.5 Å². The number of rotatable bonds is 2. The van der Waals surface area contributed by atoms with E-state index < -0.39 is 9.84 Å². The number of fused-ring (bicyclic) bond motifs is 1. The number of aryl methyl sites for hydroxylation is 1. The van der Waals surface area contributed by atoms with Crippen molar-refractivity contribution in [3.63, 3.8) is 0 Å². The van der Waals surface area contributed by atoms with Crippen LogP contribution >= 0.6 is 0 Å². The zero-order valence-electron chi connectivity index (χ0n) is 10.4. The minimum absolute atomic E-state index is 0.0832. The second kappa shape index (κ2) is 4.36. The minimum atomic E-state index is -2.88. The summed E-state index contributed by atoms with van der Waals surface area (Å²) < 4.78 is 29.0. The van der Waals surface area contributed by atoms with E-state index in [1.54, 1.807) is 0 Å². The van der Waals surface area contributed by atoms with E-state index in [0.29, 0.717) is 6.54 Å². The quantitative estimate of drug-likeness (QED) is 0.829. The third-order valence-electron chi connectivity index (χ3n) is 3.75. The van der Waals surface area contributed by atoms with E-state index in [1.807, 2.05) is 19.1 Å². The summed E-state index contributed by atoms with van der Waals surface area (Å²) in [4.78, 5) is 2.23. The summed E-state index contributed by atoms with van der Waals surface area (Å²) in [5.74, 6) is 2.35. The molecule has 2 fully saturated rings. The largest absolute Gasteiger partial charge is 0.465 e. The number of hydrogen-bond donors (Lipinski definition) is 1. The lowest BCUT2D eigenvalue weighted by Gasteiger charge is -2.36. The number of furan rings is 1. The number of nitrogens with one attached hydrogen (secondary N) is 1. The lowest BCUT2D eigenvalue weighted by atomic mass is 10.1. The van der Waals surface area contributed by atoms with Gasteiger partial charge in [-0.3, -0.25) is 4.90 Å². The first-order valence-corrected chi connectivity index (χ1v) is 8.09. The van der Waals surface area contributed by atoms with E-state index in [1.165, 1.54) is 0 Å². The van der Waals surface area contributed by atoms with Gasteiger partial charge < -0.3 is 9.73 Å². The van der Waals surface area contributed by atoms with Crippen molar-refractivity contribution in [2.24, 2.45) is 0 Å². The molecule has 0 radical (unpaired) electrons. The van der Waals surface area contributed by atoms with Crippen molar-refractivity contribution in [2.75, 3.05) is 24.6 Å². The summed E-state index contributed by atoms with van der Waals surface area (Å²) in [6.07, 6.45) is 0. The fourth-order valence-corrected chi connectivity index (χ4v) is 4.90. The predicted octanol–water partition coefficient (Wildman–Crippen LogP) is 0.159. The van der Waals surface area contributed by atoms with Crippen LogP contribution in [0, 0.1) is 6.92 Å². The van der Waals surface area contributed by atoms with Gasteiger partial charge in [-0.25, -0.2) is 8.42 Å². The van der Waals surface area contributed by atoms with Gasteiger partial charge >= 0.3 is 0 Å². The smallest absolute Gasteiger partial charge is 0.153 e. The summed E-state index contributed by atoms with van der Waals surface area (Å²) in [6.45, 7) is 4.34. The van der Waals surface area contributed by atoms with E-state index in [9.17, 15) is 8.42 Å². The van der Waals surface area contributed by atoms with Gasteiger partial charge in [-0.2, -0.15) is 0 Å². The van der Waals surface area contributed by atoms with Crippen LogP contribution in [-0.4, -0.2) is 50.0 Å². The molecule has 1 N–H and O–H groups in total. The first-order chi connectivity index (χ1) is 8.53. The molecule has 0 spiro atoms. The molecule has 100 valence electrons. The zero-order valence-corrected chi connectivity index (χ0v) is 11.2. The Bertz CT molecular complexity index is 537. The second-order valence-electron chi connectivity index (χ2n) is 5.19. The van der Waals surface area contributed by atoms with Gasteiger partial charge in [0, 0.05) is 25.2 Å². The van der Waals surface area contributed by atoms with Crippen LogP contribution in [0.5, 0.6) is 0 Å². The highest BCUT2D eigenvalue weighted by Crippen LogP contribution is 2.23. The van der Waals surface area contributed by atoms with Crippen molar-refractivity contribution in [3.05, 3.63) is 23.7 Å². The van der Waals surface area contributed by atoms with E-state index in [0.717, 1.165) is 24.6 Å². The van der Waals surface area contributed by atoms with Crippen molar-refractivity contribution in [1.29, 1.82) is 0 Å². The summed E-state index contributed by atoms with van der Waals surface area (Å²) >= 11 is 0. The molecule has 0 saturated carbocycles. The Kier molecular flexibility index (Phi) is 2.96. The summed E-state index contributed by atoms with van der Waals surface area (Å²) in [6, 6.07) is 4.09. The fourth-order valence-electron chi connectivity index (χ4n) is 2.91. The van der Waals surface area contributed by atoms with Gasteiger partial charge in [-0.1, -0.05) is 0 Å². The lowest BCUT2D eigenvalue weighted by molar-refractivity contribution is 0.131. The molecule has 0 bridgehead atoms. The third kappa shape index (κ3) is 2.32. The number of sulfone groups is 1. The molecule has 2 aliphatic heterocycles. The standard InChI is InChI=1S/C12H18N2O3S/c1-9-2-3-10(17-9)6-14-5-4-13-11-7-18(15,16)8-12(11)14/h2-3,11-13H,4-8H2,1H3/t11-,12-/m1/s1. The highest BCUT2D eigenvalue weighted by atomic mass is 32.2. The summed E-state index contributed by atoms with van der Waals surface area (Å²) in [7, 11) is -2.88. The fraction of sp³-hybridized carbons (Fsp3) is 0.667. The van der Waals surface area contributed by atoms with Crippen molar-refractivity contribution >= 4 is 9.84 Å². The molecule has 1 aromatic rings. The maximum Gasteiger partial charge on any atom is 0.153 e. The Morgan fingerprint density at radius 1 is 1.44 bits per heavy atom. The monoisotopic (exact) mass is 270 g/mol. The Morgan fingerprint density at radius 3 is 3.00 bits per heavy atom. The minimum Gasteiger partial charge on any atom is -0.465 e. The molecule has 3 heterocycles. The lowest BCUT2D eigenvalue weighted by Crippen LogP contribution is -2.56. The Labute approximate surface area is 107 Å². The topological polar surface area (TPSA) is 62.6 Å². The van der Waals surface area contributed by atoms with E-state index >= 15 is 0 Å². The third-order valence-corrected chi connectivity index (χ3v) is 5.47. The van der Waals surface area contributed by atoms with Crippen LogP contribution in [0.2, 0.25) is 0 Å². The molecule has 0 amide bonds. The van der Waals surface area contributed by atoms with Gasteiger partial charge in [0.2, 0.25) is 0 Å². The average molecular weight is 270 g/mol. The normalized spacial score (nSPS) is 31.4. The van der Waals surface area contributed by atoms with Crippen LogP contribution < -0.4 is 5.32 Å². The Hall–Kier alpha value is -0.850. The molecule has 0 aromatic carbocycles. The van der Waals surface area contributed by atoms with Gasteiger partial charge in [0.15, 0.2) is 9.84 Å². The molecule has 2 atom stereocenters.